The lowest BCUT2D eigenvalue weighted by Crippen LogP contribution is -2.40. The largest absolute Gasteiger partial charge is 0.496 e. The average molecular weight is 705 g/mol. The van der Waals surface area contributed by atoms with Crippen LogP contribution >= 0.6 is 22.9 Å². The van der Waals surface area contributed by atoms with Gasteiger partial charge in [0.15, 0.2) is 0 Å². The summed E-state index contributed by atoms with van der Waals surface area (Å²) >= 11 is 1.95. The van der Waals surface area contributed by atoms with Crippen molar-refractivity contribution >= 4 is 46.3 Å². The molecule has 0 spiro atoms. The molecule has 4 rings (SSSR count). The highest BCUT2D eigenvalue weighted by molar-refractivity contribution is 14.1. The average Bonchev–Trinajstić information content (AvgIpc) is 2.95. The summed E-state index contributed by atoms with van der Waals surface area (Å²) in [6.07, 6.45) is 6.02. The summed E-state index contributed by atoms with van der Waals surface area (Å²) in [5, 5.41) is 3.07. The van der Waals surface area contributed by atoms with Crippen molar-refractivity contribution in [2.75, 3.05) is 16.8 Å². The van der Waals surface area contributed by atoms with Gasteiger partial charge in [-0.05, 0) is 108 Å². The molecule has 2 amide bonds. The Morgan fingerprint density at radius 2 is 1.65 bits per heavy atom. The molecule has 0 bridgehead atoms. The van der Waals surface area contributed by atoms with E-state index in [2.05, 4.69) is 12.2 Å². The topological polar surface area (TPSA) is 94.2 Å². The normalized spacial score (nSPS) is 21.3. The van der Waals surface area contributed by atoms with E-state index in [0.29, 0.717) is 60.5 Å². The highest BCUT2D eigenvalue weighted by atomic mass is 127. The smallest absolute Gasteiger partial charge is 0.312 e. The SMILES string of the molecule is COc1cc(C)c(O[C@H]2CC[C@@](C)(C(=O)OC(C)(C)C)CC2)cc1C(=O)N(I)c1ccccc1C(=O)NCC1(C)CCC1. The quantitative estimate of drug-likeness (QED) is 0.164. The minimum Gasteiger partial charge on any atom is -0.496 e. The molecule has 2 aliphatic rings. The Hall–Kier alpha value is -2.82. The molecule has 234 valence electrons. The number of carbonyl (C=O) groups excluding carboxylic acids is 3. The molecule has 2 saturated carbocycles. The van der Waals surface area contributed by atoms with Crippen LogP contribution in [0.4, 0.5) is 5.69 Å². The first-order valence-electron chi connectivity index (χ1n) is 15.1. The van der Waals surface area contributed by atoms with Crippen molar-refractivity contribution in [2.24, 2.45) is 10.8 Å². The van der Waals surface area contributed by atoms with Gasteiger partial charge in [0.1, 0.15) is 17.1 Å². The predicted molar refractivity (Wildman–Crippen MR) is 176 cm³/mol. The molecule has 43 heavy (non-hydrogen) atoms. The number of nitrogens with zero attached hydrogens (tertiary/aromatic N) is 1. The van der Waals surface area contributed by atoms with Crippen LogP contribution in [-0.4, -0.2) is 43.1 Å². The number of ether oxygens (including phenoxy) is 3. The lowest BCUT2D eigenvalue weighted by Gasteiger charge is -2.38. The standard InChI is InChI=1S/C34H45IN2O6/c1-22-19-28(41-7)25(20-27(22)42-23-13-17-34(6,18-14-23)31(40)43-32(2,3)4)30(39)37(35)26-12-9-8-11-24(26)29(38)36-21-33(5)15-10-16-33/h8-9,11-12,19-20,23H,10,13-18,21H2,1-7H3,(H,36,38)/t23-,34+. The number of hydrogen-bond donors (Lipinski definition) is 1. The van der Waals surface area contributed by atoms with Crippen LogP contribution in [0.3, 0.4) is 0 Å². The van der Waals surface area contributed by atoms with Gasteiger partial charge in [0.25, 0.3) is 11.8 Å². The number of halogens is 1. The first-order chi connectivity index (χ1) is 20.1. The van der Waals surface area contributed by atoms with Crippen LogP contribution in [0.5, 0.6) is 11.5 Å². The fourth-order valence-corrected chi connectivity index (χ4v) is 6.33. The fourth-order valence-electron chi connectivity index (χ4n) is 5.65. The number of nitrogens with one attached hydrogen (secondary N) is 1. The van der Waals surface area contributed by atoms with Gasteiger partial charge in [-0.2, -0.15) is 0 Å². The van der Waals surface area contributed by atoms with Crippen molar-refractivity contribution in [3.05, 3.63) is 53.1 Å². The maximum atomic E-state index is 13.9. The van der Waals surface area contributed by atoms with Crippen molar-refractivity contribution in [2.45, 2.75) is 98.2 Å². The summed E-state index contributed by atoms with van der Waals surface area (Å²) < 4.78 is 19.2. The second-order valence-corrected chi connectivity index (χ2v) is 14.6. The molecule has 2 fully saturated rings. The van der Waals surface area contributed by atoms with Crippen molar-refractivity contribution in [3.63, 3.8) is 0 Å². The number of para-hydroxylation sites is 1. The van der Waals surface area contributed by atoms with Gasteiger partial charge < -0.3 is 19.5 Å². The number of anilines is 1. The molecule has 2 aliphatic carbocycles. The Labute approximate surface area is 269 Å². The zero-order valence-electron chi connectivity index (χ0n) is 26.5. The molecule has 8 nitrogen and oxygen atoms in total. The molecule has 2 aromatic rings. The van der Waals surface area contributed by atoms with Gasteiger partial charge in [0.05, 0.1) is 58.3 Å². The highest BCUT2D eigenvalue weighted by Gasteiger charge is 2.41. The summed E-state index contributed by atoms with van der Waals surface area (Å²) in [7, 11) is 1.53. The molecule has 0 radical (unpaired) electrons. The molecule has 0 heterocycles. The second kappa shape index (κ2) is 13.0. The third-order valence-electron chi connectivity index (χ3n) is 8.72. The zero-order chi connectivity index (χ0) is 31.6. The Balaban J connectivity index is 1.49. The molecule has 0 aromatic heterocycles. The van der Waals surface area contributed by atoms with Crippen LogP contribution in [0.15, 0.2) is 36.4 Å². The van der Waals surface area contributed by atoms with E-state index in [0.717, 1.165) is 18.4 Å². The number of esters is 1. The Bertz CT molecular complexity index is 1360. The molecular weight excluding hydrogens is 659 g/mol. The lowest BCUT2D eigenvalue weighted by atomic mass is 9.70. The first-order valence-corrected chi connectivity index (χ1v) is 16.1. The van der Waals surface area contributed by atoms with Crippen LogP contribution in [-0.2, 0) is 9.53 Å². The molecule has 9 heteroatoms. The molecule has 0 unspecified atom stereocenters. The molecule has 2 aromatic carbocycles. The monoisotopic (exact) mass is 704 g/mol. The molecule has 0 saturated heterocycles. The molecule has 0 atom stereocenters. The lowest BCUT2D eigenvalue weighted by molar-refractivity contribution is -0.169. The van der Waals surface area contributed by atoms with Gasteiger partial charge in [0, 0.05) is 6.54 Å². The number of carbonyl (C=O) groups is 3. The highest BCUT2D eigenvalue weighted by Crippen LogP contribution is 2.41. The van der Waals surface area contributed by atoms with Gasteiger partial charge in [-0.3, -0.25) is 14.4 Å². The maximum Gasteiger partial charge on any atom is 0.312 e. The van der Waals surface area contributed by atoms with Crippen LogP contribution in [0.1, 0.15) is 106 Å². The summed E-state index contributed by atoms with van der Waals surface area (Å²) in [6.45, 7) is 12.3. The number of rotatable bonds is 9. The van der Waals surface area contributed by atoms with E-state index in [1.54, 1.807) is 30.3 Å². The van der Waals surface area contributed by atoms with Gasteiger partial charge in [-0.1, -0.05) is 25.5 Å². The summed E-state index contributed by atoms with van der Waals surface area (Å²) in [4.78, 5) is 39.9. The summed E-state index contributed by atoms with van der Waals surface area (Å²) in [5.41, 5.74) is 1.20. The van der Waals surface area contributed by atoms with Gasteiger partial charge >= 0.3 is 5.97 Å². The number of hydrogen-bond acceptors (Lipinski definition) is 6. The van der Waals surface area contributed by atoms with Crippen molar-refractivity contribution in [1.82, 2.24) is 5.32 Å². The van der Waals surface area contributed by atoms with E-state index in [9.17, 15) is 14.4 Å². The summed E-state index contributed by atoms with van der Waals surface area (Å²) in [5.74, 6) is 0.334. The number of aryl methyl sites for hydroxylation is 1. The van der Waals surface area contributed by atoms with E-state index in [4.69, 9.17) is 14.2 Å². The van der Waals surface area contributed by atoms with Crippen LogP contribution in [0, 0.1) is 17.8 Å². The fraction of sp³-hybridized carbons (Fsp3) is 0.559. The number of methoxy groups -OCH3 is 1. The van der Waals surface area contributed by atoms with Crippen LogP contribution in [0.2, 0.25) is 0 Å². The first kappa shape index (κ1) is 33.1. The minimum atomic E-state index is -0.541. The number of benzene rings is 2. The maximum absolute atomic E-state index is 13.9. The third kappa shape index (κ3) is 7.83. The van der Waals surface area contributed by atoms with Crippen molar-refractivity contribution in [3.8, 4) is 11.5 Å². The third-order valence-corrected chi connectivity index (χ3v) is 9.68. The minimum absolute atomic E-state index is 0.0942. The second-order valence-electron chi connectivity index (χ2n) is 13.6. The molecule has 0 aliphatic heterocycles. The number of amides is 2. The predicted octanol–water partition coefficient (Wildman–Crippen LogP) is 7.59. The van der Waals surface area contributed by atoms with Crippen molar-refractivity contribution in [1.29, 1.82) is 0 Å². The zero-order valence-corrected chi connectivity index (χ0v) is 28.6. The van der Waals surface area contributed by atoms with Gasteiger partial charge in [-0.15, -0.1) is 0 Å². The Morgan fingerprint density at radius 1 is 1.00 bits per heavy atom. The summed E-state index contributed by atoms with van der Waals surface area (Å²) in [6, 6.07) is 10.7. The Morgan fingerprint density at radius 3 is 2.23 bits per heavy atom. The van der Waals surface area contributed by atoms with E-state index >= 15 is 0 Å². The van der Waals surface area contributed by atoms with Gasteiger partial charge in [0.2, 0.25) is 0 Å². The van der Waals surface area contributed by atoms with E-state index < -0.39 is 11.0 Å². The van der Waals surface area contributed by atoms with E-state index in [1.807, 2.05) is 63.5 Å². The van der Waals surface area contributed by atoms with Crippen LogP contribution in [0.25, 0.3) is 0 Å². The van der Waals surface area contributed by atoms with E-state index in [-0.39, 0.29) is 29.3 Å². The van der Waals surface area contributed by atoms with Crippen molar-refractivity contribution < 1.29 is 28.6 Å². The molecule has 1 N–H and O–H groups in total. The van der Waals surface area contributed by atoms with E-state index in [1.165, 1.54) is 16.6 Å². The molecular formula is C34H45IN2O6. The van der Waals surface area contributed by atoms with Gasteiger partial charge in [-0.25, -0.2) is 3.11 Å². The Kier molecular flexibility index (Phi) is 10.0. The van der Waals surface area contributed by atoms with Crippen LogP contribution < -0.4 is 17.9 Å².